The molecule has 0 saturated carbocycles. The van der Waals surface area contributed by atoms with Crippen molar-refractivity contribution in [3.63, 3.8) is 0 Å². The second-order valence-corrected chi connectivity index (χ2v) is 12.1. The van der Waals surface area contributed by atoms with Crippen molar-refractivity contribution in [2.24, 2.45) is 5.92 Å². The summed E-state index contributed by atoms with van der Waals surface area (Å²) in [5.74, 6) is 2.02. The van der Waals surface area contributed by atoms with Crippen LogP contribution in [0.25, 0.3) is 11.0 Å². The van der Waals surface area contributed by atoms with Crippen molar-refractivity contribution in [3.05, 3.63) is 108 Å². The van der Waals surface area contributed by atoms with Crippen molar-refractivity contribution in [3.8, 4) is 11.5 Å². The molecule has 6 rings (SSSR count). The lowest BCUT2D eigenvalue weighted by Crippen LogP contribution is -2.33. The summed E-state index contributed by atoms with van der Waals surface area (Å²) >= 11 is 1.60. The Morgan fingerprint density at radius 3 is 2.07 bits per heavy atom. The van der Waals surface area contributed by atoms with Gasteiger partial charge in [-0.05, 0) is 66.0 Å². The molecular formula is C36H40N4O4S. The molecule has 3 heterocycles. The number of thioether (sulfide) groups is 1. The van der Waals surface area contributed by atoms with Crippen LogP contribution in [0.1, 0.15) is 55.3 Å². The number of benzene rings is 3. The highest BCUT2D eigenvalue weighted by atomic mass is 32.2. The van der Waals surface area contributed by atoms with Crippen LogP contribution in [0.5, 0.6) is 11.5 Å². The zero-order chi connectivity index (χ0) is 31.4. The predicted molar refractivity (Wildman–Crippen MR) is 177 cm³/mol. The molecule has 0 radical (unpaired) electrons. The van der Waals surface area contributed by atoms with E-state index in [1.54, 1.807) is 32.3 Å². The van der Waals surface area contributed by atoms with Gasteiger partial charge in [-0.3, -0.25) is 0 Å². The van der Waals surface area contributed by atoms with Gasteiger partial charge in [-0.25, -0.2) is 14.6 Å². The van der Waals surface area contributed by atoms with Gasteiger partial charge in [-0.1, -0.05) is 68.4 Å². The maximum atomic E-state index is 7.14. The summed E-state index contributed by atoms with van der Waals surface area (Å²) in [4.78, 5) is 9.29. The van der Waals surface area contributed by atoms with Gasteiger partial charge in [0.05, 0.1) is 38.0 Å². The lowest BCUT2D eigenvalue weighted by atomic mass is 9.80. The third-order valence-electron chi connectivity index (χ3n) is 8.77. The molecule has 5 aromatic rings. The van der Waals surface area contributed by atoms with E-state index in [0.717, 1.165) is 62.8 Å². The summed E-state index contributed by atoms with van der Waals surface area (Å²) in [6.07, 6.45) is 6.14. The van der Waals surface area contributed by atoms with Gasteiger partial charge in [0.2, 0.25) is 0 Å². The van der Waals surface area contributed by atoms with Crippen LogP contribution >= 0.6 is 11.8 Å². The van der Waals surface area contributed by atoms with Crippen molar-refractivity contribution in [1.29, 1.82) is 0 Å². The van der Waals surface area contributed by atoms with Gasteiger partial charge < -0.3 is 18.9 Å². The molecular weight excluding hydrogens is 584 g/mol. The molecule has 0 amide bonds. The number of rotatable bonds is 12. The molecule has 0 spiro atoms. The van der Waals surface area contributed by atoms with E-state index in [-0.39, 0.29) is 12.3 Å². The van der Waals surface area contributed by atoms with Crippen molar-refractivity contribution in [1.82, 2.24) is 19.7 Å². The minimum atomic E-state index is -0.907. The topological polar surface area (TPSA) is 80.5 Å². The Morgan fingerprint density at radius 2 is 1.51 bits per heavy atom. The summed E-state index contributed by atoms with van der Waals surface area (Å²) in [6.45, 7) is 4.81. The normalized spacial score (nSPS) is 18.4. The highest BCUT2D eigenvalue weighted by molar-refractivity contribution is 7.98. The first-order valence-corrected chi connectivity index (χ1v) is 16.6. The molecule has 1 aliphatic heterocycles. The number of hydrogen-bond donors (Lipinski definition) is 0. The molecule has 3 unspecified atom stereocenters. The lowest BCUT2D eigenvalue weighted by Gasteiger charge is -2.36. The van der Waals surface area contributed by atoms with E-state index in [9.17, 15) is 0 Å². The summed E-state index contributed by atoms with van der Waals surface area (Å²) in [7, 11) is 3.35. The highest BCUT2D eigenvalue weighted by Crippen LogP contribution is 2.42. The van der Waals surface area contributed by atoms with E-state index in [1.807, 2.05) is 53.4 Å². The van der Waals surface area contributed by atoms with Crippen LogP contribution in [-0.4, -0.2) is 52.9 Å². The van der Waals surface area contributed by atoms with Crippen molar-refractivity contribution in [2.75, 3.05) is 27.1 Å². The summed E-state index contributed by atoms with van der Waals surface area (Å²) in [5.41, 5.74) is 3.79. The first-order valence-electron chi connectivity index (χ1n) is 15.4. The quantitative estimate of drug-likeness (QED) is 0.0805. The minimum Gasteiger partial charge on any atom is -0.497 e. The van der Waals surface area contributed by atoms with Gasteiger partial charge in [0.25, 0.3) is 0 Å². The minimum absolute atomic E-state index is 0.159. The fraction of sp³-hybridized carbons (Fsp3) is 0.361. The van der Waals surface area contributed by atoms with Crippen LogP contribution in [0.15, 0.2) is 90.2 Å². The van der Waals surface area contributed by atoms with Gasteiger partial charge >= 0.3 is 0 Å². The zero-order valence-corrected chi connectivity index (χ0v) is 27.3. The third kappa shape index (κ3) is 5.92. The predicted octanol–water partition coefficient (Wildman–Crippen LogP) is 7.45. The van der Waals surface area contributed by atoms with Crippen LogP contribution in [0, 0.1) is 5.92 Å². The molecule has 0 N–H and O–H groups in total. The number of hydrogen-bond acceptors (Lipinski definition) is 8. The number of ether oxygens (including phenoxy) is 4. The Bertz CT molecular complexity index is 1660. The smallest absolute Gasteiger partial charge is 0.165 e. The Kier molecular flexibility index (Phi) is 9.40. The van der Waals surface area contributed by atoms with Crippen molar-refractivity contribution >= 4 is 22.8 Å². The van der Waals surface area contributed by atoms with Crippen LogP contribution < -0.4 is 9.47 Å². The van der Waals surface area contributed by atoms with E-state index in [2.05, 4.69) is 55.2 Å². The van der Waals surface area contributed by atoms with Crippen LogP contribution in [0.4, 0.5) is 0 Å². The average molecular weight is 625 g/mol. The molecule has 2 aromatic heterocycles. The van der Waals surface area contributed by atoms with E-state index < -0.39 is 5.60 Å². The Morgan fingerprint density at radius 1 is 0.889 bits per heavy atom. The molecule has 1 aliphatic rings. The number of nitrogens with zero attached hydrogens (tertiary/aromatic N) is 4. The lowest BCUT2D eigenvalue weighted by molar-refractivity contribution is -0.0101. The molecule has 234 valence electrons. The third-order valence-corrected chi connectivity index (χ3v) is 9.46. The molecule has 8 nitrogen and oxygen atoms in total. The molecule has 9 heteroatoms. The summed E-state index contributed by atoms with van der Waals surface area (Å²) in [5, 5.41) is 6.99. The molecule has 3 aromatic carbocycles. The average Bonchev–Trinajstić information content (AvgIpc) is 3.67. The fourth-order valence-corrected chi connectivity index (χ4v) is 7.00. The summed E-state index contributed by atoms with van der Waals surface area (Å²) in [6, 6.07) is 26.5. The van der Waals surface area contributed by atoms with Crippen LogP contribution in [0.3, 0.4) is 0 Å². The van der Waals surface area contributed by atoms with Crippen molar-refractivity contribution in [2.45, 2.75) is 56.1 Å². The van der Waals surface area contributed by atoms with E-state index in [4.69, 9.17) is 29.0 Å². The Labute approximate surface area is 269 Å². The standard InChI is InChI=1S/C36H40N4O4S/c1-6-31-24(2)22-32(44-31)40-34-33(35(45-5)38-23-37-34)30(39-40)20-21-43-36(25-10-8-7-9-11-25,26-12-16-28(41-3)17-13-26)27-14-18-29(42-4)19-15-27/h7-19,23-24,31-32H,6,20-22H2,1-5H3. The molecule has 3 atom stereocenters. The first kappa shape index (κ1) is 31.1. The van der Waals surface area contributed by atoms with Gasteiger partial charge in [0.15, 0.2) is 11.9 Å². The maximum absolute atomic E-state index is 7.14. The van der Waals surface area contributed by atoms with Gasteiger partial charge in [-0.2, -0.15) is 5.10 Å². The fourth-order valence-electron chi connectivity index (χ4n) is 6.44. The summed E-state index contributed by atoms with van der Waals surface area (Å²) < 4.78 is 26.6. The SMILES string of the molecule is CCC1OC(n2nc(CCOC(c3ccccc3)(c3ccc(OC)cc3)c3ccc(OC)cc3)c3c(SC)ncnc32)CC1C. The number of methoxy groups -OCH3 is 2. The monoisotopic (exact) mass is 624 g/mol. The first-order chi connectivity index (χ1) is 22.0. The van der Waals surface area contributed by atoms with Gasteiger partial charge in [0.1, 0.15) is 28.5 Å². The van der Waals surface area contributed by atoms with E-state index >= 15 is 0 Å². The Hall–Kier alpha value is -3.92. The molecule has 45 heavy (non-hydrogen) atoms. The second kappa shape index (κ2) is 13.6. The van der Waals surface area contributed by atoms with Gasteiger partial charge in [-0.15, -0.1) is 11.8 Å². The number of fused-ring (bicyclic) bond motifs is 1. The van der Waals surface area contributed by atoms with Crippen molar-refractivity contribution < 1.29 is 18.9 Å². The molecule has 0 bridgehead atoms. The Balaban J connectivity index is 1.41. The zero-order valence-electron chi connectivity index (χ0n) is 26.5. The number of aromatic nitrogens is 4. The second-order valence-electron chi connectivity index (χ2n) is 11.3. The molecule has 0 aliphatic carbocycles. The largest absolute Gasteiger partial charge is 0.497 e. The van der Waals surface area contributed by atoms with E-state index in [0.29, 0.717) is 18.9 Å². The van der Waals surface area contributed by atoms with Gasteiger partial charge in [0, 0.05) is 6.42 Å². The maximum Gasteiger partial charge on any atom is 0.165 e. The highest BCUT2D eigenvalue weighted by Gasteiger charge is 2.38. The van der Waals surface area contributed by atoms with E-state index in [1.165, 1.54) is 0 Å². The van der Waals surface area contributed by atoms with Crippen LogP contribution in [-0.2, 0) is 21.5 Å². The van der Waals surface area contributed by atoms with Crippen LogP contribution in [0.2, 0.25) is 0 Å². The molecule has 1 fully saturated rings. The molecule has 1 saturated heterocycles.